The Balaban J connectivity index is 1.76. The van der Waals surface area contributed by atoms with Crippen LogP contribution in [-0.4, -0.2) is 38.8 Å². The number of methoxy groups -OCH3 is 1. The van der Waals surface area contributed by atoms with Crippen LogP contribution < -0.4 is 10.1 Å². The summed E-state index contributed by atoms with van der Waals surface area (Å²) in [6.45, 7) is 1.71. The Morgan fingerprint density at radius 2 is 1.59 bits per heavy atom. The normalized spacial score (nSPS) is 11.4. The zero-order chi connectivity index (χ0) is 24.7. The predicted octanol–water partition coefficient (Wildman–Crippen LogP) is 4.86. The molecule has 0 saturated carbocycles. The molecule has 1 amide bonds. The van der Waals surface area contributed by atoms with Gasteiger partial charge in [-0.1, -0.05) is 59.1 Å². The Morgan fingerprint density at radius 1 is 0.971 bits per heavy atom. The van der Waals surface area contributed by atoms with E-state index in [1.807, 2.05) is 31.2 Å². The first-order chi connectivity index (χ1) is 16.2. The lowest BCUT2D eigenvalue weighted by molar-refractivity contribution is -0.121. The molecule has 6 nitrogen and oxygen atoms in total. The molecule has 0 spiro atoms. The standard InChI is InChI=1S/C25H26Cl2N2O4S/c1-18-6-12-21(13-7-18)34(31,32)29(16-22-23(26)4-3-5-24(22)27)17-25(30)28-15-14-19-8-10-20(33-2)11-9-19/h3-13H,14-17H2,1-2H3,(H,28,30). The molecule has 3 rings (SSSR count). The Labute approximate surface area is 210 Å². The van der Waals surface area contributed by atoms with Crippen LogP contribution in [-0.2, 0) is 27.8 Å². The van der Waals surface area contributed by atoms with E-state index in [0.29, 0.717) is 28.6 Å². The van der Waals surface area contributed by atoms with E-state index in [0.717, 1.165) is 21.2 Å². The highest BCUT2D eigenvalue weighted by atomic mass is 35.5. The number of halogens is 2. The molecule has 0 aliphatic heterocycles. The molecule has 180 valence electrons. The molecule has 34 heavy (non-hydrogen) atoms. The van der Waals surface area contributed by atoms with Crippen LogP contribution in [0.3, 0.4) is 0 Å². The number of carbonyl (C=O) groups is 1. The fourth-order valence-electron chi connectivity index (χ4n) is 3.30. The van der Waals surface area contributed by atoms with Gasteiger partial charge in [0.15, 0.2) is 0 Å². The van der Waals surface area contributed by atoms with Gasteiger partial charge >= 0.3 is 0 Å². The minimum atomic E-state index is -3.99. The smallest absolute Gasteiger partial charge is 0.243 e. The summed E-state index contributed by atoms with van der Waals surface area (Å²) in [6.07, 6.45) is 0.594. The quantitative estimate of drug-likeness (QED) is 0.414. The van der Waals surface area contributed by atoms with Crippen molar-refractivity contribution < 1.29 is 17.9 Å². The molecule has 0 aromatic heterocycles. The summed E-state index contributed by atoms with van der Waals surface area (Å²) in [5.74, 6) is 0.329. The second-order valence-corrected chi connectivity index (χ2v) is 10.5. The van der Waals surface area contributed by atoms with Crippen LogP contribution in [0.1, 0.15) is 16.7 Å². The number of hydrogen-bond acceptors (Lipinski definition) is 4. The molecule has 0 bridgehead atoms. The maximum absolute atomic E-state index is 13.4. The van der Waals surface area contributed by atoms with E-state index < -0.39 is 15.9 Å². The zero-order valence-corrected chi connectivity index (χ0v) is 21.3. The van der Waals surface area contributed by atoms with E-state index in [2.05, 4.69) is 5.32 Å². The first-order valence-corrected chi connectivity index (χ1v) is 12.8. The van der Waals surface area contributed by atoms with E-state index in [4.69, 9.17) is 27.9 Å². The number of nitrogens with zero attached hydrogens (tertiary/aromatic N) is 1. The molecular formula is C25H26Cl2N2O4S. The maximum atomic E-state index is 13.4. The SMILES string of the molecule is COc1ccc(CCNC(=O)CN(Cc2c(Cl)cccc2Cl)S(=O)(=O)c2ccc(C)cc2)cc1. The van der Waals surface area contributed by atoms with Crippen molar-refractivity contribution in [1.29, 1.82) is 0 Å². The molecule has 0 unspecified atom stereocenters. The molecule has 0 saturated heterocycles. The molecule has 0 aliphatic carbocycles. The van der Waals surface area contributed by atoms with Crippen LogP contribution >= 0.6 is 23.2 Å². The number of aryl methyl sites for hydroxylation is 1. The molecule has 9 heteroatoms. The minimum Gasteiger partial charge on any atom is -0.497 e. The van der Waals surface area contributed by atoms with Gasteiger partial charge in [0.1, 0.15) is 5.75 Å². The highest BCUT2D eigenvalue weighted by Gasteiger charge is 2.28. The Morgan fingerprint density at radius 3 is 2.18 bits per heavy atom. The number of carbonyl (C=O) groups excluding carboxylic acids is 1. The van der Waals surface area contributed by atoms with Crippen LogP contribution in [0.15, 0.2) is 71.6 Å². The highest BCUT2D eigenvalue weighted by molar-refractivity contribution is 7.89. The van der Waals surface area contributed by atoms with Gasteiger partial charge in [-0.15, -0.1) is 0 Å². The molecule has 1 N–H and O–H groups in total. The van der Waals surface area contributed by atoms with Crippen molar-refractivity contribution in [2.75, 3.05) is 20.2 Å². The Bertz CT molecular complexity index is 1210. The van der Waals surface area contributed by atoms with E-state index in [1.54, 1.807) is 37.4 Å². The molecule has 0 fully saturated rings. The Kier molecular flexibility index (Phi) is 8.97. The molecule has 3 aromatic rings. The molecule has 3 aromatic carbocycles. The number of rotatable bonds is 10. The maximum Gasteiger partial charge on any atom is 0.243 e. The van der Waals surface area contributed by atoms with Crippen molar-refractivity contribution in [3.05, 3.63) is 93.5 Å². The lowest BCUT2D eigenvalue weighted by Gasteiger charge is -2.23. The monoisotopic (exact) mass is 520 g/mol. The summed E-state index contributed by atoms with van der Waals surface area (Å²) < 4.78 is 33.1. The van der Waals surface area contributed by atoms with E-state index in [1.165, 1.54) is 12.1 Å². The van der Waals surface area contributed by atoms with Gasteiger partial charge in [-0.25, -0.2) is 8.42 Å². The van der Waals surface area contributed by atoms with Gasteiger partial charge in [-0.3, -0.25) is 4.79 Å². The predicted molar refractivity (Wildman–Crippen MR) is 135 cm³/mol. The summed E-state index contributed by atoms with van der Waals surface area (Å²) in [5.41, 5.74) is 2.39. The van der Waals surface area contributed by atoms with E-state index in [9.17, 15) is 13.2 Å². The number of benzene rings is 3. The zero-order valence-electron chi connectivity index (χ0n) is 18.9. The van der Waals surface area contributed by atoms with Crippen LogP contribution in [0.5, 0.6) is 5.75 Å². The topological polar surface area (TPSA) is 75.7 Å². The minimum absolute atomic E-state index is 0.0901. The van der Waals surface area contributed by atoms with Crippen molar-refractivity contribution >= 4 is 39.1 Å². The summed E-state index contributed by atoms with van der Waals surface area (Å²) >= 11 is 12.6. The second kappa shape index (κ2) is 11.7. The summed E-state index contributed by atoms with van der Waals surface area (Å²) in [6, 6.07) is 18.9. The number of sulfonamides is 1. The first-order valence-electron chi connectivity index (χ1n) is 10.6. The summed E-state index contributed by atoms with van der Waals surface area (Å²) in [4.78, 5) is 12.8. The lowest BCUT2D eigenvalue weighted by Crippen LogP contribution is -2.41. The van der Waals surface area contributed by atoms with Gasteiger partial charge in [0.2, 0.25) is 15.9 Å². The van der Waals surface area contributed by atoms with Crippen molar-refractivity contribution in [3.63, 3.8) is 0 Å². The molecular weight excluding hydrogens is 495 g/mol. The Hall–Kier alpha value is -2.58. The van der Waals surface area contributed by atoms with Crippen molar-refractivity contribution in [1.82, 2.24) is 9.62 Å². The fraction of sp³-hybridized carbons (Fsp3) is 0.240. The van der Waals surface area contributed by atoms with Crippen LogP contribution in [0.2, 0.25) is 10.0 Å². The van der Waals surface area contributed by atoms with Gasteiger partial charge in [0, 0.05) is 28.7 Å². The van der Waals surface area contributed by atoms with Gasteiger partial charge in [0.25, 0.3) is 0 Å². The third-order valence-corrected chi connectivity index (χ3v) is 7.78. The molecule has 0 aliphatic rings. The van der Waals surface area contributed by atoms with Gasteiger partial charge in [-0.05, 0) is 55.3 Å². The molecule has 0 atom stereocenters. The second-order valence-electron chi connectivity index (χ2n) is 7.73. The third kappa shape index (κ3) is 6.73. The average Bonchev–Trinajstić information content (AvgIpc) is 2.81. The van der Waals surface area contributed by atoms with Crippen molar-refractivity contribution in [2.45, 2.75) is 24.8 Å². The number of hydrogen-bond donors (Lipinski definition) is 1. The first kappa shape index (κ1) is 26.0. The highest BCUT2D eigenvalue weighted by Crippen LogP contribution is 2.28. The summed E-state index contributed by atoms with van der Waals surface area (Å²) in [5, 5.41) is 3.46. The van der Waals surface area contributed by atoms with Crippen LogP contribution in [0.25, 0.3) is 0 Å². The molecule has 0 radical (unpaired) electrons. The van der Waals surface area contributed by atoms with Crippen LogP contribution in [0.4, 0.5) is 0 Å². The third-order valence-electron chi connectivity index (χ3n) is 5.27. The van der Waals surface area contributed by atoms with E-state index in [-0.39, 0.29) is 18.0 Å². The van der Waals surface area contributed by atoms with E-state index >= 15 is 0 Å². The largest absolute Gasteiger partial charge is 0.497 e. The van der Waals surface area contributed by atoms with Gasteiger partial charge < -0.3 is 10.1 Å². The van der Waals surface area contributed by atoms with Crippen molar-refractivity contribution in [3.8, 4) is 5.75 Å². The number of amides is 1. The number of nitrogens with one attached hydrogen (secondary N) is 1. The van der Waals surface area contributed by atoms with Crippen LogP contribution in [0, 0.1) is 6.92 Å². The van der Waals surface area contributed by atoms with Crippen molar-refractivity contribution in [2.24, 2.45) is 0 Å². The summed E-state index contributed by atoms with van der Waals surface area (Å²) in [7, 11) is -2.39. The van der Waals surface area contributed by atoms with Gasteiger partial charge in [-0.2, -0.15) is 4.31 Å². The average molecular weight is 521 g/mol. The number of ether oxygens (including phenoxy) is 1. The fourth-order valence-corrected chi connectivity index (χ4v) is 5.18. The molecule has 0 heterocycles. The lowest BCUT2D eigenvalue weighted by atomic mass is 10.1. The van der Waals surface area contributed by atoms with Gasteiger partial charge in [0.05, 0.1) is 18.6 Å².